The zero-order chi connectivity index (χ0) is 20.4. The summed E-state index contributed by atoms with van der Waals surface area (Å²) in [6.07, 6.45) is 0. The maximum absolute atomic E-state index is 13.2. The number of rotatable bonds is 6. The molecule has 0 unspecified atom stereocenters. The molecule has 2 N–H and O–H groups in total. The molecule has 8 heteroatoms. The first-order valence-corrected chi connectivity index (χ1v) is 9.73. The van der Waals surface area contributed by atoms with Crippen LogP contribution >= 0.6 is 11.3 Å². The van der Waals surface area contributed by atoms with Gasteiger partial charge in [0.1, 0.15) is 21.3 Å². The Balaban J connectivity index is 1.88. The van der Waals surface area contributed by atoms with E-state index in [0.717, 1.165) is 16.9 Å². The molecule has 0 radical (unpaired) electrons. The van der Waals surface area contributed by atoms with Crippen molar-refractivity contribution in [2.45, 2.75) is 33.4 Å². The van der Waals surface area contributed by atoms with Crippen LogP contribution in [0.15, 0.2) is 29.1 Å². The van der Waals surface area contributed by atoms with Crippen molar-refractivity contribution in [2.24, 2.45) is 5.92 Å². The fraction of sp³-hybridized carbons (Fsp3) is 0.350. The number of nitrogens with one attached hydrogen (secondary N) is 2. The quantitative estimate of drug-likeness (QED) is 0.613. The highest BCUT2D eigenvalue weighted by molar-refractivity contribution is 7.20. The van der Waals surface area contributed by atoms with Crippen LogP contribution in [-0.4, -0.2) is 23.0 Å². The fourth-order valence-electron chi connectivity index (χ4n) is 3.17. The van der Waals surface area contributed by atoms with Crippen LogP contribution in [0.25, 0.3) is 10.2 Å². The largest absolute Gasteiger partial charge is 0.465 e. The lowest BCUT2D eigenvalue weighted by Gasteiger charge is -2.22. The lowest BCUT2D eigenvalue weighted by atomic mass is 9.96. The Morgan fingerprint density at radius 2 is 2.00 bits per heavy atom. The molecule has 148 valence electrons. The van der Waals surface area contributed by atoms with Crippen molar-refractivity contribution in [3.8, 4) is 0 Å². The summed E-state index contributed by atoms with van der Waals surface area (Å²) in [5, 5.41) is 3.79. The average molecular weight is 403 g/mol. The number of halogens is 1. The van der Waals surface area contributed by atoms with Gasteiger partial charge in [0, 0.05) is 6.04 Å². The number of H-pyrrole nitrogens is 1. The number of fused-ring (bicyclic) bond motifs is 1. The van der Waals surface area contributed by atoms with E-state index in [4.69, 9.17) is 4.74 Å². The van der Waals surface area contributed by atoms with E-state index >= 15 is 0 Å². The van der Waals surface area contributed by atoms with Crippen LogP contribution in [0, 0.1) is 18.7 Å². The van der Waals surface area contributed by atoms with Gasteiger partial charge in [-0.15, -0.1) is 11.3 Å². The molecule has 28 heavy (non-hydrogen) atoms. The van der Waals surface area contributed by atoms with Gasteiger partial charge in [-0.3, -0.25) is 4.79 Å². The normalized spacial score (nSPS) is 12.5. The summed E-state index contributed by atoms with van der Waals surface area (Å²) in [5.41, 5.74) is 1.25. The number of esters is 1. The van der Waals surface area contributed by atoms with Gasteiger partial charge in [-0.2, -0.15) is 0 Å². The number of methoxy groups -OCH3 is 1. The highest BCUT2D eigenvalue weighted by atomic mass is 32.1. The molecule has 1 aromatic carbocycles. The fourth-order valence-corrected chi connectivity index (χ4v) is 4.29. The van der Waals surface area contributed by atoms with Crippen molar-refractivity contribution in [1.29, 1.82) is 0 Å². The molecule has 6 nitrogen and oxygen atoms in total. The summed E-state index contributed by atoms with van der Waals surface area (Å²) in [5.74, 6) is -0.0355. The van der Waals surface area contributed by atoms with Crippen LogP contribution in [0.5, 0.6) is 0 Å². The molecule has 0 saturated heterocycles. The number of hydrogen-bond donors (Lipinski definition) is 2. The van der Waals surface area contributed by atoms with Crippen LogP contribution in [0.3, 0.4) is 0 Å². The SMILES string of the molecule is COC(=O)c1sc2nc(CN[C@H](c3ccc(F)cc3)C(C)C)[nH]c(=O)c2c1C. The second-order valence-electron chi connectivity index (χ2n) is 6.89. The second-order valence-corrected chi connectivity index (χ2v) is 7.89. The minimum atomic E-state index is -0.476. The van der Waals surface area contributed by atoms with Crippen LogP contribution in [0.2, 0.25) is 0 Å². The van der Waals surface area contributed by atoms with Gasteiger partial charge in [0.2, 0.25) is 0 Å². The first kappa shape index (κ1) is 20.2. The molecule has 2 aromatic heterocycles. The average Bonchev–Trinajstić information content (AvgIpc) is 2.99. The van der Waals surface area contributed by atoms with E-state index in [1.807, 2.05) is 0 Å². The number of thiophene rings is 1. The second kappa shape index (κ2) is 8.20. The summed E-state index contributed by atoms with van der Waals surface area (Å²) in [6.45, 7) is 6.16. The van der Waals surface area contributed by atoms with Crippen molar-refractivity contribution >= 4 is 27.5 Å². The van der Waals surface area contributed by atoms with Gasteiger partial charge < -0.3 is 15.0 Å². The minimum absolute atomic E-state index is 0.0303. The lowest BCUT2D eigenvalue weighted by molar-refractivity contribution is 0.0605. The zero-order valence-electron chi connectivity index (χ0n) is 16.1. The first-order valence-electron chi connectivity index (χ1n) is 8.91. The predicted octanol–water partition coefficient (Wildman–Crippen LogP) is 3.71. The van der Waals surface area contributed by atoms with Gasteiger partial charge >= 0.3 is 5.97 Å². The van der Waals surface area contributed by atoms with Crippen molar-refractivity contribution in [3.63, 3.8) is 0 Å². The van der Waals surface area contributed by atoms with Crippen molar-refractivity contribution in [3.05, 3.63) is 62.3 Å². The van der Waals surface area contributed by atoms with E-state index in [2.05, 4.69) is 29.1 Å². The number of hydrogen-bond acceptors (Lipinski definition) is 6. The number of carbonyl (C=O) groups is 1. The summed E-state index contributed by atoms with van der Waals surface area (Å²) >= 11 is 1.15. The molecule has 0 aliphatic rings. The van der Waals surface area contributed by atoms with Gasteiger partial charge in [0.15, 0.2) is 0 Å². The molecular formula is C20H22FN3O3S. The zero-order valence-corrected chi connectivity index (χ0v) is 16.9. The van der Waals surface area contributed by atoms with Crippen LogP contribution < -0.4 is 10.9 Å². The summed E-state index contributed by atoms with van der Waals surface area (Å²) in [7, 11) is 1.31. The predicted molar refractivity (Wildman–Crippen MR) is 107 cm³/mol. The van der Waals surface area contributed by atoms with Gasteiger partial charge in [-0.25, -0.2) is 14.2 Å². The molecule has 0 aliphatic carbocycles. The van der Waals surface area contributed by atoms with Crippen LogP contribution in [0.1, 0.15) is 46.5 Å². The first-order chi connectivity index (χ1) is 13.3. The lowest BCUT2D eigenvalue weighted by Crippen LogP contribution is -2.27. The Hall–Kier alpha value is -2.58. The summed E-state index contributed by atoms with van der Waals surface area (Å²) < 4.78 is 18.0. The smallest absolute Gasteiger partial charge is 0.348 e. The van der Waals surface area contributed by atoms with Gasteiger partial charge in [-0.05, 0) is 36.1 Å². The van der Waals surface area contributed by atoms with E-state index in [1.165, 1.54) is 19.2 Å². The molecule has 0 amide bonds. The topological polar surface area (TPSA) is 84.1 Å². The highest BCUT2D eigenvalue weighted by Crippen LogP contribution is 2.28. The Bertz CT molecular complexity index is 1060. The maximum atomic E-state index is 13.2. The van der Waals surface area contributed by atoms with E-state index in [-0.39, 0.29) is 23.3 Å². The molecule has 3 aromatic rings. The molecule has 0 spiro atoms. The molecule has 0 fully saturated rings. The van der Waals surface area contributed by atoms with Crippen LogP contribution in [-0.2, 0) is 11.3 Å². The van der Waals surface area contributed by atoms with Gasteiger partial charge in [0.05, 0.1) is 19.0 Å². The molecule has 1 atom stereocenters. The third kappa shape index (κ3) is 3.98. The number of ether oxygens (including phenoxy) is 1. The number of aryl methyl sites for hydroxylation is 1. The third-order valence-electron chi connectivity index (χ3n) is 4.61. The molecule has 2 heterocycles. The van der Waals surface area contributed by atoms with Gasteiger partial charge in [0.25, 0.3) is 5.56 Å². The highest BCUT2D eigenvalue weighted by Gasteiger charge is 2.20. The van der Waals surface area contributed by atoms with Crippen molar-refractivity contribution in [1.82, 2.24) is 15.3 Å². The molecule has 0 aliphatic heterocycles. The van der Waals surface area contributed by atoms with E-state index in [1.54, 1.807) is 19.1 Å². The monoisotopic (exact) mass is 403 g/mol. The summed E-state index contributed by atoms with van der Waals surface area (Å²) in [6, 6.07) is 6.33. The number of aromatic nitrogens is 2. The Kier molecular flexibility index (Phi) is 5.90. The molecule has 0 saturated carbocycles. The van der Waals surface area contributed by atoms with E-state index < -0.39 is 5.97 Å². The number of carbonyl (C=O) groups excluding carboxylic acids is 1. The number of aromatic amines is 1. The van der Waals surface area contributed by atoms with Crippen LogP contribution in [0.4, 0.5) is 4.39 Å². The van der Waals surface area contributed by atoms with E-state index in [0.29, 0.717) is 33.0 Å². The van der Waals surface area contributed by atoms with E-state index in [9.17, 15) is 14.0 Å². The van der Waals surface area contributed by atoms with Crippen molar-refractivity contribution in [2.75, 3.05) is 7.11 Å². The number of nitrogens with zero attached hydrogens (tertiary/aromatic N) is 1. The summed E-state index contributed by atoms with van der Waals surface area (Å²) in [4.78, 5) is 32.6. The minimum Gasteiger partial charge on any atom is -0.465 e. The molecular weight excluding hydrogens is 381 g/mol. The Labute approximate surface area is 165 Å². The third-order valence-corrected chi connectivity index (χ3v) is 5.77. The Morgan fingerprint density at radius 1 is 1.32 bits per heavy atom. The number of benzene rings is 1. The van der Waals surface area contributed by atoms with Crippen molar-refractivity contribution < 1.29 is 13.9 Å². The van der Waals surface area contributed by atoms with Gasteiger partial charge in [-0.1, -0.05) is 26.0 Å². The Morgan fingerprint density at radius 3 is 2.61 bits per heavy atom. The molecule has 3 rings (SSSR count). The standard InChI is InChI=1S/C20H22FN3O3S/c1-10(2)16(12-5-7-13(21)8-6-12)22-9-14-23-18(25)15-11(3)17(20(26)27-4)28-19(15)24-14/h5-8,10,16,22H,9H2,1-4H3,(H,23,24,25)/t16-/m0/s1. The molecule has 0 bridgehead atoms. The maximum Gasteiger partial charge on any atom is 0.348 e.